The number of alkyl halides is 2. The van der Waals surface area contributed by atoms with Gasteiger partial charge < -0.3 is 0 Å². The van der Waals surface area contributed by atoms with Gasteiger partial charge in [-0.15, -0.1) is 0 Å². The van der Waals surface area contributed by atoms with E-state index in [1.165, 1.54) is 0 Å². The first-order chi connectivity index (χ1) is 4.00. The molecule has 0 fully saturated rings. The van der Waals surface area contributed by atoms with Crippen molar-refractivity contribution in [3.63, 3.8) is 0 Å². The summed E-state index contributed by atoms with van der Waals surface area (Å²) >= 11 is 2.00. The molecule has 0 amide bonds. The SMILES string of the molecule is C=C(F)F.CC(F)CI. The third-order valence-electron chi connectivity index (χ3n) is 0.213. The van der Waals surface area contributed by atoms with Crippen LogP contribution in [0.25, 0.3) is 0 Å². The van der Waals surface area contributed by atoms with Gasteiger partial charge in [-0.2, -0.15) is 8.78 Å². The first-order valence-corrected chi connectivity index (χ1v) is 3.73. The van der Waals surface area contributed by atoms with Crippen molar-refractivity contribution >= 4 is 22.6 Å². The molecule has 0 nitrogen and oxygen atoms in total. The molecule has 0 aromatic heterocycles. The Balaban J connectivity index is 0. The fourth-order valence-corrected chi connectivity index (χ4v) is 0. The molecule has 0 aliphatic heterocycles. The molecule has 0 aromatic rings. The predicted molar refractivity (Wildman–Crippen MR) is 40.8 cm³/mol. The van der Waals surface area contributed by atoms with Crippen molar-refractivity contribution in [3.8, 4) is 0 Å². The molecule has 1 unspecified atom stereocenters. The van der Waals surface area contributed by atoms with Gasteiger partial charge in [-0.3, -0.25) is 0 Å². The van der Waals surface area contributed by atoms with Crippen LogP contribution in [0.5, 0.6) is 0 Å². The Bertz CT molecular complexity index is 68.6. The van der Waals surface area contributed by atoms with Gasteiger partial charge in [0.2, 0.25) is 0 Å². The normalized spacial score (nSPS) is 11.2. The van der Waals surface area contributed by atoms with Gasteiger partial charge in [-0.1, -0.05) is 22.6 Å². The van der Waals surface area contributed by atoms with Crippen LogP contribution in [0.15, 0.2) is 12.7 Å². The van der Waals surface area contributed by atoms with Gasteiger partial charge in [0.15, 0.2) is 0 Å². The summed E-state index contributed by atoms with van der Waals surface area (Å²) in [6, 6.07) is 0. The highest BCUT2D eigenvalue weighted by molar-refractivity contribution is 14.1. The van der Waals surface area contributed by atoms with Crippen LogP contribution in [-0.4, -0.2) is 10.6 Å². The lowest BCUT2D eigenvalue weighted by Crippen LogP contribution is -1.89. The molecule has 56 valence electrons. The Kier molecular flexibility index (Phi) is 11.0. The van der Waals surface area contributed by atoms with Crippen LogP contribution in [0.2, 0.25) is 0 Å². The second kappa shape index (κ2) is 8.26. The Morgan fingerprint density at radius 3 is 1.78 bits per heavy atom. The van der Waals surface area contributed by atoms with E-state index < -0.39 is 12.3 Å². The third kappa shape index (κ3) is 63.4. The Morgan fingerprint density at radius 2 is 1.78 bits per heavy atom. The van der Waals surface area contributed by atoms with E-state index in [-0.39, 0.29) is 0 Å². The van der Waals surface area contributed by atoms with Gasteiger partial charge in [0.1, 0.15) is 6.17 Å². The van der Waals surface area contributed by atoms with Crippen LogP contribution in [0.3, 0.4) is 0 Å². The van der Waals surface area contributed by atoms with E-state index in [0.717, 1.165) is 0 Å². The van der Waals surface area contributed by atoms with Crippen LogP contribution in [0.1, 0.15) is 6.92 Å². The molecule has 0 spiro atoms. The summed E-state index contributed by atoms with van der Waals surface area (Å²) in [5, 5.41) is 0. The summed E-state index contributed by atoms with van der Waals surface area (Å²) in [7, 11) is 0. The second-order valence-electron chi connectivity index (χ2n) is 1.27. The van der Waals surface area contributed by atoms with Gasteiger partial charge in [-0.25, -0.2) is 4.39 Å². The molecular weight excluding hydrogens is 244 g/mol. The van der Waals surface area contributed by atoms with Crippen molar-refractivity contribution in [1.82, 2.24) is 0 Å². The zero-order valence-electron chi connectivity index (χ0n) is 5.00. The topological polar surface area (TPSA) is 0 Å². The van der Waals surface area contributed by atoms with E-state index in [4.69, 9.17) is 0 Å². The molecule has 0 rings (SSSR count). The minimum absolute atomic E-state index is 0.609. The molecular formula is C5H8F3I. The molecule has 0 heterocycles. The van der Waals surface area contributed by atoms with Crippen molar-refractivity contribution in [2.45, 2.75) is 13.1 Å². The van der Waals surface area contributed by atoms with Crippen molar-refractivity contribution < 1.29 is 13.2 Å². The van der Waals surface area contributed by atoms with E-state index in [1.807, 2.05) is 22.6 Å². The van der Waals surface area contributed by atoms with E-state index >= 15 is 0 Å². The van der Waals surface area contributed by atoms with E-state index in [1.54, 1.807) is 6.92 Å². The first-order valence-electron chi connectivity index (χ1n) is 2.20. The molecule has 0 radical (unpaired) electrons. The smallest absolute Gasteiger partial charge is 0.247 e. The fraction of sp³-hybridized carbons (Fsp3) is 0.600. The largest absolute Gasteiger partial charge is 0.263 e. The van der Waals surface area contributed by atoms with Gasteiger partial charge in [-0.05, 0) is 13.5 Å². The predicted octanol–water partition coefficient (Wildman–Crippen LogP) is 3.18. The summed E-state index contributed by atoms with van der Waals surface area (Å²) in [6.07, 6.45) is -2.46. The molecule has 0 saturated carbocycles. The molecule has 0 aromatic carbocycles. The highest BCUT2D eigenvalue weighted by Gasteiger charge is 1.87. The van der Waals surface area contributed by atoms with Gasteiger partial charge in [0.05, 0.1) is 0 Å². The van der Waals surface area contributed by atoms with Crippen LogP contribution in [-0.2, 0) is 0 Å². The molecule has 0 aliphatic carbocycles. The van der Waals surface area contributed by atoms with E-state index in [0.29, 0.717) is 4.43 Å². The molecule has 9 heavy (non-hydrogen) atoms. The third-order valence-corrected chi connectivity index (χ3v) is 1.43. The summed E-state index contributed by atoms with van der Waals surface area (Å²) in [5.74, 6) is 0. The molecule has 0 aliphatic rings. The van der Waals surface area contributed by atoms with Crippen molar-refractivity contribution in [2.75, 3.05) is 4.43 Å². The quantitative estimate of drug-likeness (QED) is 0.496. The average Bonchev–Trinajstić information content (AvgIpc) is 1.65. The zero-order chi connectivity index (χ0) is 7.86. The maximum absolute atomic E-state index is 11.4. The van der Waals surface area contributed by atoms with E-state index in [9.17, 15) is 13.2 Å². The number of rotatable bonds is 1. The lowest BCUT2D eigenvalue weighted by atomic mass is 10.5. The van der Waals surface area contributed by atoms with E-state index in [2.05, 4.69) is 6.58 Å². The molecule has 0 N–H and O–H groups in total. The van der Waals surface area contributed by atoms with Gasteiger partial charge in [0.25, 0.3) is 6.08 Å². The maximum atomic E-state index is 11.4. The van der Waals surface area contributed by atoms with Crippen LogP contribution >= 0.6 is 22.6 Å². The average molecular weight is 252 g/mol. The standard InChI is InChI=1S/C3H6FI.C2H2F2/c1-3(4)2-5;1-2(3)4/h3H,2H2,1H3;1H2. The molecule has 4 heteroatoms. The molecule has 0 bridgehead atoms. The summed E-state index contributed by atoms with van der Waals surface area (Å²) in [6.45, 7) is 3.77. The van der Waals surface area contributed by atoms with Crippen molar-refractivity contribution in [3.05, 3.63) is 12.7 Å². The fourth-order valence-electron chi connectivity index (χ4n) is 0. The second-order valence-corrected chi connectivity index (χ2v) is 2.15. The summed E-state index contributed by atoms with van der Waals surface area (Å²) in [5.41, 5.74) is 0. The minimum Gasteiger partial charge on any atom is -0.247 e. The monoisotopic (exact) mass is 252 g/mol. The van der Waals surface area contributed by atoms with Crippen LogP contribution < -0.4 is 0 Å². The lowest BCUT2D eigenvalue weighted by Gasteiger charge is -1.84. The summed E-state index contributed by atoms with van der Waals surface area (Å²) in [4.78, 5) is 0. The number of halogens is 4. The minimum atomic E-state index is -1.83. The number of hydrogen-bond acceptors (Lipinski definition) is 0. The number of hydrogen-bond donors (Lipinski definition) is 0. The molecule has 0 saturated heterocycles. The van der Waals surface area contributed by atoms with Crippen molar-refractivity contribution in [1.29, 1.82) is 0 Å². The van der Waals surface area contributed by atoms with Gasteiger partial charge in [0, 0.05) is 4.43 Å². The van der Waals surface area contributed by atoms with Crippen molar-refractivity contribution in [2.24, 2.45) is 0 Å². The molecule has 1 atom stereocenters. The first kappa shape index (κ1) is 12.0. The highest BCUT2D eigenvalue weighted by Crippen LogP contribution is 1.91. The Labute approximate surface area is 66.3 Å². The maximum Gasteiger partial charge on any atom is 0.263 e. The lowest BCUT2D eigenvalue weighted by molar-refractivity contribution is 0.402. The Morgan fingerprint density at radius 1 is 1.67 bits per heavy atom. The van der Waals surface area contributed by atoms with Crippen LogP contribution in [0.4, 0.5) is 13.2 Å². The highest BCUT2D eigenvalue weighted by atomic mass is 127. The summed E-state index contributed by atoms with van der Waals surface area (Å²) < 4.78 is 32.3. The zero-order valence-corrected chi connectivity index (χ0v) is 7.16. The van der Waals surface area contributed by atoms with Gasteiger partial charge >= 0.3 is 0 Å². The van der Waals surface area contributed by atoms with Crippen LogP contribution in [0, 0.1) is 0 Å². The Hall–Kier alpha value is 0.260.